The van der Waals surface area contributed by atoms with Gasteiger partial charge in [0.25, 0.3) is 0 Å². The molecule has 0 unspecified atom stereocenters. The summed E-state index contributed by atoms with van der Waals surface area (Å²) in [4.78, 5) is 17.9. The normalized spacial score (nSPS) is 16.2. The van der Waals surface area contributed by atoms with Crippen molar-refractivity contribution < 1.29 is 4.79 Å². The minimum absolute atomic E-state index is 0.342. The van der Waals surface area contributed by atoms with E-state index < -0.39 is 0 Å². The van der Waals surface area contributed by atoms with Crippen LogP contribution in [0.2, 0.25) is 0 Å². The van der Waals surface area contributed by atoms with Gasteiger partial charge in [0.1, 0.15) is 0 Å². The van der Waals surface area contributed by atoms with Gasteiger partial charge < -0.3 is 9.88 Å². The highest BCUT2D eigenvalue weighted by Gasteiger charge is 2.25. The molecule has 1 fully saturated rings. The zero-order chi connectivity index (χ0) is 16.4. The van der Waals surface area contributed by atoms with Crippen molar-refractivity contribution in [3.8, 4) is 0 Å². The third kappa shape index (κ3) is 3.29. The molecular weight excluding hydrogens is 284 g/mol. The zero-order valence-electron chi connectivity index (χ0n) is 14.6. The first-order valence-electron chi connectivity index (χ1n) is 8.96. The average Bonchev–Trinajstić information content (AvgIpc) is 2.89. The lowest BCUT2D eigenvalue weighted by atomic mass is 9.91. The fraction of sp³-hybridized carbons (Fsp3) is 0.550. The molecule has 0 bridgehead atoms. The second kappa shape index (κ2) is 6.77. The van der Waals surface area contributed by atoms with Crippen molar-refractivity contribution in [1.29, 1.82) is 0 Å². The number of piperidine rings is 1. The fourth-order valence-electron chi connectivity index (χ4n) is 3.77. The number of aromatic nitrogens is 1. The summed E-state index contributed by atoms with van der Waals surface area (Å²) in [5.74, 6) is 0.896. The number of H-pyrrole nitrogens is 1. The van der Waals surface area contributed by atoms with Crippen LogP contribution in [0.3, 0.4) is 0 Å². The second-order valence-electron chi connectivity index (χ2n) is 6.97. The first-order valence-corrected chi connectivity index (χ1v) is 8.96. The van der Waals surface area contributed by atoms with Gasteiger partial charge >= 0.3 is 0 Å². The Hall–Kier alpha value is -1.77. The van der Waals surface area contributed by atoms with E-state index >= 15 is 0 Å². The molecular formula is C20H28N2O. The molecule has 23 heavy (non-hydrogen) atoms. The fourth-order valence-corrected chi connectivity index (χ4v) is 3.77. The summed E-state index contributed by atoms with van der Waals surface area (Å²) < 4.78 is 0. The van der Waals surface area contributed by atoms with Crippen LogP contribution in [0.4, 0.5) is 0 Å². The quantitative estimate of drug-likeness (QED) is 0.874. The van der Waals surface area contributed by atoms with Gasteiger partial charge in [0.2, 0.25) is 5.91 Å². The van der Waals surface area contributed by atoms with Crippen molar-refractivity contribution in [3.63, 3.8) is 0 Å². The summed E-state index contributed by atoms with van der Waals surface area (Å²) in [6.07, 6.45) is 4.97. The lowest BCUT2D eigenvalue weighted by molar-refractivity contribution is -0.132. The number of nitrogens with zero attached hydrogens (tertiary/aromatic N) is 1. The zero-order valence-corrected chi connectivity index (χ0v) is 14.6. The summed E-state index contributed by atoms with van der Waals surface area (Å²) in [5, 5.41) is 1.35. The molecule has 1 N–H and O–H groups in total. The highest BCUT2D eigenvalue weighted by Crippen LogP contribution is 2.34. The molecule has 0 atom stereocenters. The molecule has 0 radical (unpaired) electrons. The smallest absolute Gasteiger partial charge is 0.222 e. The molecule has 3 nitrogen and oxygen atoms in total. The molecule has 0 saturated carbocycles. The van der Waals surface area contributed by atoms with Crippen molar-refractivity contribution in [3.05, 3.63) is 35.0 Å². The number of likely N-dealkylation sites (tertiary alicyclic amines) is 1. The molecule has 1 aromatic heterocycles. The Morgan fingerprint density at radius 2 is 2.00 bits per heavy atom. The summed E-state index contributed by atoms with van der Waals surface area (Å²) in [6, 6.07) is 6.62. The Balaban J connectivity index is 1.70. The van der Waals surface area contributed by atoms with Crippen LogP contribution in [0, 0.1) is 13.8 Å². The predicted molar refractivity (Wildman–Crippen MR) is 95.9 cm³/mol. The second-order valence-corrected chi connectivity index (χ2v) is 6.97. The van der Waals surface area contributed by atoms with E-state index in [1.165, 1.54) is 27.7 Å². The van der Waals surface area contributed by atoms with Crippen LogP contribution >= 0.6 is 0 Å². The molecule has 3 rings (SSSR count). The van der Waals surface area contributed by atoms with Gasteiger partial charge in [-0.05, 0) is 50.8 Å². The van der Waals surface area contributed by atoms with Gasteiger partial charge in [-0.1, -0.05) is 25.0 Å². The molecule has 1 amide bonds. The third-order valence-corrected chi connectivity index (χ3v) is 5.25. The Kier molecular flexibility index (Phi) is 4.74. The first-order chi connectivity index (χ1) is 11.1. The Morgan fingerprint density at radius 3 is 2.70 bits per heavy atom. The minimum Gasteiger partial charge on any atom is -0.358 e. The van der Waals surface area contributed by atoms with Crippen LogP contribution in [0.15, 0.2) is 18.2 Å². The number of hydrogen-bond acceptors (Lipinski definition) is 1. The van der Waals surface area contributed by atoms with Crippen molar-refractivity contribution in [2.24, 2.45) is 0 Å². The number of unbranched alkanes of at least 4 members (excludes halogenated alkanes) is 1. The average molecular weight is 312 g/mol. The molecule has 2 heterocycles. The Labute approximate surface area is 139 Å². The van der Waals surface area contributed by atoms with Crippen LogP contribution in [0.25, 0.3) is 10.9 Å². The van der Waals surface area contributed by atoms with E-state index in [-0.39, 0.29) is 0 Å². The lowest BCUT2D eigenvalue weighted by Crippen LogP contribution is -2.37. The lowest BCUT2D eigenvalue weighted by Gasteiger charge is -2.32. The van der Waals surface area contributed by atoms with Crippen molar-refractivity contribution in [2.45, 2.75) is 58.8 Å². The maximum atomic E-state index is 12.2. The van der Waals surface area contributed by atoms with Crippen LogP contribution in [-0.4, -0.2) is 28.9 Å². The number of fused-ring (bicyclic) bond motifs is 1. The summed E-state index contributed by atoms with van der Waals surface area (Å²) in [7, 11) is 0. The van der Waals surface area contributed by atoms with E-state index in [2.05, 4.69) is 48.9 Å². The standard InChI is InChI=1S/C20H28N2O/c1-4-5-6-19(23)22-11-9-16(10-12-22)20-15(3)17-13-14(2)7-8-18(17)21-20/h7-8,13,16,21H,4-6,9-12H2,1-3H3. The molecule has 0 spiro atoms. The van der Waals surface area contributed by atoms with Crippen molar-refractivity contribution >= 4 is 16.8 Å². The minimum atomic E-state index is 0.342. The van der Waals surface area contributed by atoms with Gasteiger partial charge in [-0.2, -0.15) is 0 Å². The van der Waals surface area contributed by atoms with Crippen molar-refractivity contribution in [1.82, 2.24) is 9.88 Å². The summed E-state index contributed by atoms with van der Waals surface area (Å²) in [6.45, 7) is 8.32. The SMILES string of the molecule is CCCCC(=O)N1CCC(c2[nH]c3ccc(C)cc3c2C)CC1. The summed E-state index contributed by atoms with van der Waals surface area (Å²) >= 11 is 0. The molecule has 2 aromatic rings. The number of carbonyl (C=O) groups is 1. The number of hydrogen-bond donors (Lipinski definition) is 1. The largest absolute Gasteiger partial charge is 0.358 e. The number of nitrogens with one attached hydrogen (secondary N) is 1. The first kappa shape index (κ1) is 16.1. The maximum Gasteiger partial charge on any atom is 0.222 e. The highest BCUT2D eigenvalue weighted by atomic mass is 16.2. The third-order valence-electron chi connectivity index (χ3n) is 5.25. The molecule has 1 aliphatic heterocycles. The number of carbonyl (C=O) groups excluding carboxylic acids is 1. The van der Waals surface area contributed by atoms with Gasteiger partial charge in [0.05, 0.1) is 0 Å². The van der Waals surface area contributed by atoms with Crippen LogP contribution in [-0.2, 0) is 4.79 Å². The van der Waals surface area contributed by atoms with E-state index in [4.69, 9.17) is 0 Å². The molecule has 0 aliphatic carbocycles. The number of aryl methyl sites for hydroxylation is 2. The Bertz CT molecular complexity index is 693. The molecule has 3 heteroatoms. The van der Waals surface area contributed by atoms with Gasteiger partial charge in [-0.25, -0.2) is 0 Å². The van der Waals surface area contributed by atoms with E-state index in [9.17, 15) is 4.79 Å². The molecule has 124 valence electrons. The number of rotatable bonds is 4. The van der Waals surface area contributed by atoms with E-state index in [0.717, 1.165) is 38.8 Å². The number of aromatic amines is 1. The summed E-state index contributed by atoms with van der Waals surface area (Å²) in [5.41, 5.74) is 5.32. The van der Waals surface area contributed by atoms with Crippen molar-refractivity contribution in [2.75, 3.05) is 13.1 Å². The number of benzene rings is 1. The van der Waals surface area contributed by atoms with Crippen LogP contribution in [0.1, 0.15) is 61.8 Å². The van der Waals surface area contributed by atoms with Gasteiger partial charge in [-0.3, -0.25) is 4.79 Å². The van der Waals surface area contributed by atoms with Gasteiger partial charge in [0, 0.05) is 42.0 Å². The molecule has 1 aliphatic rings. The highest BCUT2D eigenvalue weighted by molar-refractivity contribution is 5.85. The van der Waals surface area contributed by atoms with E-state index in [1.807, 2.05) is 0 Å². The molecule has 1 aromatic carbocycles. The predicted octanol–water partition coefficient (Wildman–Crippen LogP) is 4.68. The Morgan fingerprint density at radius 1 is 1.26 bits per heavy atom. The molecule has 1 saturated heterocycles. The van der Waals surface area contributed by atoms with E-state index in [1.54, 1.807) is 0 Å². The van der Waals surface area contributed by atoms with E-state index in [0.29, 0.717) is 18.2 Å². The topological polar surface area (TPSA) is 36.1 Å². The van der Waals surface area contributed by atoms with Crippen LogP contribution < -0.4 is 0 Å². The van der Waals surface area contributed by atoms with Gasteiger partial charge in [-0.15, -0.1) is 0 Å². The number of amides is 1. The maximum absolute atomic E-state index is 12.2. The monoisotopic (exact) mass is 312 g/mol. The van der Waals surface area contributed by atoms with Crippen LogP contribution in [0.5, 0.6) is 0 Å². The van der Waals surface area contributed by atoms with Gasteiger partial charge in [0.15, 0.2) is 0 Å².